The Morgan fingerprint density at radius 1 is 1.24 bits per heavy atom. The number of allylic oxidation sites excluding steroid dienone is 1. The van der Waals surface area contributed by atoms with Gasteiger partial charge in [0.25, 0.3) is 0 Å². The summed E-state index contributed by atoms with van der Waals surface area (Å²) in [5.41, 5.74) is 0.781. The van der Waals surface area contributed by atoms with E-state index in [0.29, 0.717) is 5.56 Å². The Hall–Kier alpha value is -1.60. The Morgan fingerprint density at radius 2 is 1.76 bits per heavy atom. The van der Waals surface area contributed by atoms with Crippen LogP contribution in [-0.2, 0) is 9.84 Å². The van der Waals surface area contributed by atoms with Gasteiger partial charge in [-0.15, -0.1) is 0 Å². The molecular formula is C13H15NO2S. The van der Waals surface area contributed by atoms with Crippen LogP contribution >= 0.6 is 0 Å². The van der Waals surface area contributed by atoms with Gasteiger partial charge in [-0.2, -0.15) is 5.26 Å². The summed E-state index contributed by atoms with van der Waals surface area (Å²) in [7, 11) is -3.44. The maximum absolute atomic E-state index is 12.0. The van der Waals surface area contributed by atoms with E-state index in [4.69, 9.17) is 5.26 Å². The van der Waals surface area contributed by atoms with Gasteiger partial charge in [-0.3, -0.25) is 0 Å². The molecule has 17 heavy (non-hydrogen) atoms. The van der Waals surface area contributed by atoms with Crippen molar-refractivity contribution in [3.63, 3.8) is 0 Å². The number of benzene rings is 1. The average molecular weight is 249 g/mol. The first-order valence-electron chi connectivity index (χ1n) is 5.20. The predicted octanol–water partition coefficient (Wildman–Crippen LogP) is 2.76. The maximum atomic E-state index is 12.0. The molecule has 0 fully saturated rings. The van der Waals surface area contributed by atoms with Gasteiger partial charge in [-0.05, 0) is 26.3 Å². The van der Waals surface area contributed by atoms with Crippen LogP contribution in [0, 0.1) is 11.3 Å². The standard InChI is InChI=1S/C13H15NO2S/c1-13(2,3)17(15,16)10-12(9-14)11-7-5-4-6-8-11/h4-8,10H,1-3H3/b12-10-. The molecule has 0 bridgehead atoms. The van der Waals surface area contributed by atoms with E-state index in [0.717, 1.165) is 5.41 Å². The molecule has 0 aliphatic heterocycles. The molecule has 0 amide bonds. The quantitative estimate of drug-likeness (QED) is 0.757. The van der Waals surface area contributed by atoms with Crippen LogP contribution in [0.25, 0.3) is 5.57 Å². The van der Waals surface area contributed by atoms with Crippen molar-refractivity contribution in [1.29, 1.82) is 5.26 Å². The number of rotatable bonds is 2. The molecule has 90 valence electrons. The van der Waals surface area contributed by atoms with Gasteiger partial charge in [-0.25, -0.2) is 8.42 Å². The van der Waals surface area contributed by atoms with Crippen molar-refractivity contribution in [3.8, 4) is 6.07 Å². The number of sulfone groups is 1. The van der Waals surface area contributed by atoms with E-state index >= 15 is 0 Å². The molecule has 1 rings (SSSR count). The lowest BCUT2D eigenvalue weighted by molar-refractivity contribution is 0.570. The summed E-state index contributed by atoms with van der Waals surface area (Å²) < 4.78 is 23.0. The van der Waals surface area contributed by atoms with Crippen LogP contribution in [0.2, 0.25) is 0 Å². The van der Waals surface area contributed by atoms with E-state index in [1.807, 2.05) is 12.1 Å². The molecule has 0 aliphatic rings. The van der Waals surface area contributed by atoms with Gasteiger partial charge >= 0.3 is 0 Å². The Balaban J connectivity index is 3.29. The fourth-order valence-corrected chi connectivity index (χ4v) is 1.96. The van der Waals surface area contributed by atoms with E-state index in [2.05, 4.69) is 0 Å². The van der Waals surface area contributed by atoms with Crippen LogP contribution < -0.4 is 0 Å². The molecule has 4 heteroatoms. The Morgan fingerprint density at radius 3 is 2.18 bits per heavy atom. The van der Waals surface area contributed by atoms with Crippen LogP contribution in [0.5, 0.6) is 0 Å². The van der Waals surface area contributed by atoms with Gasteiger partial charge in [0.15, 0.2) is 9.84 Å². The zero-order valence-corrected chi connectivity index (χ0v) is 11.0. The van der Waals surface area contributed by atoms with E-state index in [1.165, 1.54) is 0 Å². The third-order valence-corrected chi connectivity index (χ3v) is 4.58. The highest BCUT2D eigenvalue weighted by molar-refractivity contribution is 7.95. The summed E-state index contributed by atoms with van der Waals surface area (Å²) in [5, 5.41) is 10.1. The maximum Gasteiger partial charge on any atom is 0.177 e. The smallest absolute Gasteiger partial charge is 0.177 e. The first kappa shape index (κ1) is 13.5. The molecule has 1 aromatic carbocycles. The van der Waals surface area contributed by atoms with Crippen molar-refractivity contribution in [2.24, 2.45) is 0 Å². The molecule has 0 N–H and O–H groups in total. The number of nitrogens with zero attached hydrogens (tertiary/aromatic N) is 1. The minimum atomic E-state index is -3.44. The topological polar surface area (TPSA) is 57.9 Å². The fraction of sp³-hybridized carbons (Fsp3) is 0.308. The molecule has 0 spiro atoms. The number of hydrogen-bond acceptors (Lipinski definition) is 3. The van der Waals surface area contributed by atoms with E-state index < -0.39 is 14.6 Å². The van der Waals surface area contributed by atoms with Crippen LogP contribution in [-0.4, -0.2) is 13.2 Å². The molecule has 0 unspecified atom stereocenters. The highest BCUT2D eigenvalue weighted by Crippen LogP contribution is 2.22. The van der Waals surface area contributed by atoms with Crippen molar-refractivity contribution in [2.45, 2.75) is 25.5 Å². The highest BCUT2D eigenvalue weighted by Gasteiger charge is 2.27. The zero-order valence-electron chi connectivity index (χ0n) is 10.1. The SMILES string of the molecule is CC(C)(C)S(=O)(=O)/C=C(/C#N)c1ccccc1. The van der Waals surface area contributed by atoms with Crippen molar-refractivity contribution in [1.82, 2.24) is 0 Å². The summed E-state index contributed by atoms with van der Waals surface area (Å²) in [6, 6.07) is 10.7. The fourth-order valence-electron chi connectivity index (χ4n) is 1.11. The zero-order chi connectivity index (χ0) is 13.1. The van der Waals surface area contributed by atoms with Crippen molar-refractivity contribution in [2.75, 3.05) is 0 Å². The summed E-state index contributed by atoms with van der Waals surface area (Å²) in [5.74, 6) is 0. The van der Waals surface area contributed by atoms with Gasteiger partial charge in [0.2, 0.25) is 0 Å². The third-order valence-electron chi connectivity index (χ3n) is 2.33. The lowest BCUT2D eigenvalue weighted by Crippen LogP contribution is -2.25. The van der Waals surface area contributed by atoms with Gasteiger partial charge in [0.1, 0.15) is 6.07 Å². The lowest BCUT2D eigenvalue weighted by atomic mass is 10.1. The minimum Gasteiger partial charge on any atom is -0.224 e. The van der Waals surface area contributed by atoms with Crippen molar-refractivity contribution >= 4 is 15.4 Å². The van der Waals surface area contributed by atoms with Crippen molar-refractivity contribution in [3.05, 3.63) is 41.3 Å². The molecule has 3 nitrogen and oxygen atoms in total. The molecule has 0 radical (unpaired) electrons. The predicted molar refractivity (Wildman–Crippen MR) is 68.7 cm³/mol. The monoisotopic (exact) mass is 249 g/mol. The van der Waals surface area contributed by atoms with Gasteiger partial charge in [0, 0.05) is 5.41 Å². The Kier molecular flexibility index (Phi) is 3.74. The van der Waals surface area contributed by atoms with Crippen LogP contribution in [0.4, 0.5) is 0 Å². The average Bonchev–Trinajstić information content (AvgIpc) is 2.25. The summed E-state index contributed by atoms with van der Waals surface area (Å²) in [4.78, 5) is 0. The molecule has 1 aromatic rings. The van der Waals surface area contributed by atoms with E-state index in [-0.39, 0.29) is 5.57 Å². The molecule has 0 aliphatic carbocycles. The van der Waals surface area contributed by atoms with Crippen LogP contribution in [0.3, 0.4) is 0 Å². The highest BCUT2D eigenvalue weighted by atomic mass is 32.2. The molecule has 0 atom stereocenters. The molecule has 0 saturated heterocycles. The summed E-state index contributed by atoms with van der Waals surface area (Å²) in [6.07, 6.45) is 0. The third kappa shape index (κ3) is 3.18. The van der Waals surface area contributed by atoms with Crippen LogP contribution in [0.15, 0.2) is 35.7 Å². The first-order chi connectivity index (χ1) is 7.78. The summed E-state index contributed by atoms with van der Waals surface area (Å²) >= 11 is 0. The molecule has 0 heterocycles. The van der Waals surface area contributed by atoms with E-state index in [9.17, 15) is 8.42 Å². The first-order valence-corrected chi connectivity index (χ1v) is 6.74. The second-order valence-electron chi connectivity index (χ2n) is 4.67. The summed E-state index contributed by atoms with van der Waals surface area (Å²) in [6.45, 7) is 4.83. The second-order valence-corrected chi connectivity index (χ2v) is 7.22. The Bertz CT molecular complexity index is 558. The van der Waals surface area contributed by atoms with Gasteiger partial charge < -0.3 is 0 Å². The lowest BCUT2D eigenvalue weighted by Gasteiger charge is -2.16. The normalized spacial score (nSPS) is 13.2. The van der Waals surface area contributed by atoms with Gasteiger partial charge in [-0.1, -0.05) is 30.3 Å². The molecule has 0 saturated carbocycles. The van der Waals surface area contributed by atoms with Crippen molar-refractivity contribution < 1.29 is 8.42 Å². The minimum absolute atomic E-state index is 0.167. The molecular weight excluding hydrogens is 234 g/mol. The Labute approximate surface area is 102 Å². The largest absolute Gasteiger partial charge is 0.224 e. The second kappa shape index (κ2) is 4.72. The van der Waals surface area contributed by atoms with E-state index in [1.54, 1.807) is 45.0 Å². The number of hydrogen-bond donors (Lipinski definition) is 0. The van der Waals surface area contributed by atoms with Crippen LogP contribution in [0.1, 0.15) is 26.3 Å². The van der Waals surface area contributed by atoms with Gasteiger partial charge in [0.05, 0.1) is 10.3 Å². The number of nitriles is 1. The molecule has 0 aromatic heterocycles.